The first-order valence-corrected chi connectivity index (χ1v) is 7.84. The average Bonchev–Trinajstić information content (AvgIpc) is 2.90. The van der Waals surface area contributed by atoms with Crippen molar-refractivity contribution in [3.63, 3.8) is 0 Å². The van der Waals surface area contributed by atoms with E-state index in [1.165, 1.54) is 6.07 Å². The van der Waals surface area contributed by atoms with Crippen LogP contribution in [0, 0.1) is 5.82 Å². The molecule has 1 atom stereocenters. The van der Waals surface area contributed by atoms with Gasteiger partial charge in [0.2, 0.25) is 0 Å². The molecule has 21 heavy (non-hydrogen) atoms. The van der Waals surface area contributed by atoms with Crippen molar-refractivity contribution in [1.29, 1.82) is 0 Å². The number of nitrogens with one attached hydrogen (secondary N) is 2. The summed E-state index contributed by atoms with van der Waals surface area (Å²) < 4.78 is 19.7. The fraction of sp³-hybridized carbons (Fsp3) is 0.533. The van der Waals surface area contributed by atoms with Crippen molar-refractivity contribution in [2.45, 2.75) is 31.9 Å². The van der Waals surface area contributed by atoms with Gasteiger partial charge in [0.05, 0.1) is 10.1 Å². The molecule has 1 aliphatic rings. The molecule has 1 saturated heterocycles. The normalized spacial score (nSPS) is 22.4. The smallest absolute Gasteiger partial charge is 0.191 e. The van der Waals surface area contributed by atoms with Crippen LogP contribution in [-0.2, 0) is 11.3 Å². The summed E-state index contributed by atoms with van der Waals surface area (Å²) in [7, 11) is 1.72. The second kappa shape index (κ2) is 7.22. The Bertz CT molecular complexity index is 516. The van der Waals surface area contributed by atoms with Crippen molar-refractivity contribution in [1.82, 2.24) is 10.6 Å². The van der Waals surface area contributed by atoms with Crippen molar-refractivity contribution in [3.8, 4) is 0 Å². The van der Waals surface area contributed by atoms with Crippen molar-refractivity contribution < 1.29 is 9.13 Å². The number of ether oxygens (including phenoxy) is 1. The molecule has 116 valence electrons. The summed E-state index contributed by atoms with van der Waals surface area (Å²) in [6, 6.07) is 5.08. The van der Waals surface area contributed by atoms with Crippen LogP contribution in [0.1, 0.15) is 25.3 Å². The van der Waals surface area contributed by atoms with Gasteiger partial charge in [-0.15, -0.1) is 0 Å². The first-order valence-electron chi connectivity index (χ1n) is 7.05. The van der Waals surface area contributed by atoms with Gasteiger partial charge in [-0.3, -0.25) is 4.99 Å². The summed E-state index contributed by atoms with van der Waals surface area (Å²) in [5.74, 6) is 0.430. The molecule has 4 nitrogen and oxygen atoms in total. The van der Waals surface area contributed by atoms with E-state index in [1.54, 1.807) is 13.1 Å². The third-order valence-corrected chi connectivity index (χ3v) is 4.24. The molecular formula is C15H21BrFN3O. The minimum Gasteiger partial charge on any atom is -0.373 e. The van der Waals surface area contributed by atoms with Gasteiger partial charge in [-0.25, -0.2) is 4.39 Å². The molecule has 1 aromatic carbocycles. The van der Waals surface area contributed by atoms with E-state index in [2.05, 4.69) is 38.5 Å². The molecule has 2 rings (SSSR count). The number of halogens is 2. The Labute approximate surface area is 133 Å². The van der Waals surface area contributed by atoms with Gasteiger partial charge in [-0.1, -0.05) is 6.07 Å². The van der Waals surface area contributed by atoms with E-state index < -0.39 is 0 Å². The van der Waals surface area contributed by atoms with Gasteiger partial charge in [-0.05, 0) is 53.4 Å². The molecule has 0 amide bonds. The SMILES string of the molecule is CN=C(NCc1ccc(Br)c(F)c1)NCC1(C)CCCO1. The van der Waals surface area contributed by atoms with Gasteiger partial charge in [0.25, 0.3) is 0 Å². The van der Waals surface area contributed by atoms with Gasteiger partial charge in [0.1, 0.15) is 5.82 Å². The van der Waals surface area contributed by atoms with Crippen molar-refractivity contribution in [3.05, 3.63) is 34.1 Å². The van der Waals surface area contributed by atoms with Crippen molar-refractivity contribution >= 4 is 21.9 Å². The highest BCUT2D eigenvalue weighted by Crippen LogP contribution is 2.23. The first-order chi connectivity index (χ1) is 10.0. The van der Waals surface area contributed by atoms with Gasteiger partial charge >= 0.3 is 0 Å². The monoisotopic (exact) mass is 357 g/mol. The first kappa shape index (κ1) is 16.2. The third-order valence-electron chi connectivity index (χ3n) is 3.60. The van der Waals surface area contributed by atoms with E-state index in [0.29, 0.717) is 23.5 Å². The van der Waals surface area contributed by atoms with Crippen LogP contribution in [0.15, 0.2) is 27.7 Å². The van der Waals surface area contributed by atoms with E-state index >= 15 is 0 Å². The quantitative estimate of drug-likeness (QED) is 0.643. The summed E-state index contributed by atoms with van der Waals surface area (Å²) in [6.45, 7) is 4.15. The molecule has 1 heterocycles. The maximum Gasteiger partial charge on any atom is 0.191 e. The predicted octanol–water partition coefficient (Wildman–Crippen LogP) is 2.82. The summed E-state index contributed by atoms with van der Waals surface area (Å²) >= 11 is 3.15. The Morgan fingerprint density at radius 2 is 2.29 bits per heavy atom. The minimum absolute atomic E-state index is 0.124. The number of nitrogens with zero attached hydrogens (tertiary/aromatic N) is 1. The number of rotatable bonds is 4. The summed E-state index contributed by atoms with van der Waals surface area (Å²) in [5.41, 5.74) is 0.739. The van der Waals surface area contributed by atoms with Gasteiger partial charge in [-0.2, -0.15) is 0 Å². The van der Waals surface area contributed by atoms with E-state index in [-0.39, 0.29) is 11.4 Å². The molecule has 1 fully saturated rings. The van der Waals surface area contributed by atoms with Crippen LogP contribution >= 0.6 is 15.9 Å². The summed E-state index contributed by atoms with van der Waals surface area (Å²) in [6.07, 6.45) is 2.15. The topological polar surface area (TPSA) is 45.7 Å². The number of hydrogen-bond donors (Lipinski definition) is 2. The van der Waals surface area contributed by atoms with Crippen molar-refractivity contribution in [2.24, 2.45) is 4.99 Å². The fourth-order valence-electron chi connectivity index (χ4n) is 2.30. The number of hydrogen-bond acceptors (Lipinski definition) is 2. The Hall–Kier alpha value is -1.14. The van der Waals surface area contributed by atoms with E-state index in [1.807, 2.05) is 6.07 Å². The maximum absolute atomic E-state index is 13.5. The van der Waals surface area contributed by atoms with Crippen LogP contribution in [0.5, 0.6) is 0 Å². The maximum atomic E-state index is 13.5. The minimum atomic E-state index is -0.260. The van der Waals surface area contributed by atoms with Gasteiger partial charge in [0, 0.05) is 26.7 Å². The lowest BCUT2D eigenvalue weighted by Crippen LogP contribution is -2.45. The van der Waals surface area contributed by atoms with Crippen LogP contribution in [0.25, 0.3) is 0 Å². The van der Waals surface area contributed by atoms with Gasteiger partial charge < -0.3 is 15.4 Å². The van der Waals surface area contributed by atoms with Crippen LogP contribution < -0.4 is 10.6 Å². The predicted molar refractivity (Wildman–Crippen MR) is 85.9 cm³/mol. The highest BCUT2D eigenvalue weighted by molar-refractivity contribution is 9.10. The molecule has 0 spiro atoms. The van der Waals surface area contributed by atoms with E-state index in [4.69, 9.17) is 4.74 Å². The molecular weight excluding hydrogens is 337 g/mol. The summed E-state index contributed by atoms with van der Waals surface area (Å²) in [5, 5.41) is 6.43. The molecule has 1 aromatic rings. The van der Waals surface area contributed by atoms with Crippen LogP contribution in [0.2, 0.25) is 0 Å². The molecule has 0 bridgehead atoms. The standard InChI is InChI=1S/C15H21BrFN3O/c1-15(6-3-7-21-15)10-20-14(18-2)19-9-11-4-5-12(16)13(17)8-11/h4-5,8H,3,6-7,9-10H2,1-2H3,(H2,18,19,20). The number of guanidine groups is 1. The van der Waals surface area contributed by atoms with Crippen molar-refractivity contribution in [2.75, 3.05) is 20.2 Å². The zero-order valence-corrected chi connectivity index (χ0v) is 14.0. The lowest BCUT2D eigenvalue weighted by atomic mass is 10.0. The molecule has 6 heteroatoms. The van der Waals surface area contributed by atoms with E-state index in [0.717, 1.165) is 25.0 Å². The fourth-order valence-corrected chi connectivity index (χ4v) is 2.55. The Balaban J connectivity index is 1.83. The molecule has 1 aliphatic heterocycles. The molecule has 1 unspecified atom stereocenters. The molecule has 2 N–H and O–H groups in total. The second-order valence-corrected chi connectivity index (χ2v) is 6.28. The summed E-state index contributed by atoms with van der Waals surface area (Å²) in [4.78, 5) is 4.17. The molecule has 0 aliphatic carbocycles. The lowest BCUT2D eigenvalue weighted by Gasteiger charge is -2.24. The highest BCUT2D eigenvalue weighted by Gasteiger charge is 2.29. The second-order valence-electron chi connectivity index (χ2n) is 5.43. The van der Waals surface area contributed by atoms with Crippen LogP contribution in [0.3, 0.4) is 0 Å². The Morgan fingerprint density at radius 1 is 1.48 bits per heavy atom. The van der Waals surface area contributed by atoms with Crippen LogP contribution in [0.4, 0.5) is 4.39 Å². The zero-order valence-electron chi connectivity index (χ0n) is 12.4. The average molecular weight is 358 g/mol. The molecule has 0 aromatic heterocycles. The largest absolute Gasteiger partial charge is 0.373 e. The number of aliphatic imine (C=N–C) groups is 1. The molecule has 0 radical (unpaired) electrons. The third kappa shape index (κ3) is 4.68. The lowest BCUT2D eigenvalue weighted by molar-refractivity contribution is 0.0243. The number of benzene rings is 1. The Kier molecular flexibility index (Phi) is 5.58. The highest BCUT2D eigenvalue weighted by atomic mass is 79.9. The van der Waals surface area contributed by atoms with Gasteiger partial charge in [0.15, 0.2) is 5.96 Å². The zero-order chi connectivity index (χ0) is 15.3. The Morgan fingerprint density at radius 3 is 2.90 bits per heavy atom. The molecule has 0 saturated carbocycles. The van der Waals surface area contributed by atoms with E-state index in [9.17, 15) is 4.39 Å². The van der Waals surface area contributed by atoms with Crippen LogP contribution in [-0.4, -0.2) is 31.8 Å².